The van der Waals surface area contributed by atoms with Gasteiger partial charge in [0.25, 0.3) is 29.6 Å². The van der Waals surface area contributed by atoms with Crippen molar-refractivity contribution < 1.29 is 114 Å². The van der Waals surface area contributed by atoms with Gasteiger partial charge in [0.1, 0.15) is 94.0 Å². The minimum Gasteiger partial charge on any atom is -0.505 e. The fourth-order valence-corrected chi connectivity index (χ4v) is 20.4. The second kappa shape index (κ2) is 30.6. The summed E-state index contributed by atoms with van der Waals surface area (Å²) < 4.78 is 255. The third kappa shape index (κ3) is 14.5. The molecule has 2 N–H and O–H groups in total. The summed E-state index contributed by atoms with van der Waals surface area (Å²) in [5.41, 5.74) is 2.13. The van der Waals surface area contributed by atoms with Crippen LogP contribution in [-0.2, 0) is 27.1 Å². The number of ether oxygens (including phenoxy) is 8. The number of phenolic OH excluding ortho intramolecular Hbond substituents is 2. The Kier molecular flexibility index (Phi) is 21.1. The summed E-state index contributed by atoms with van der Waals surface area (Å²) in [6.45, 7) is 0. The zero-order valence-corrected chi connectivity index (χ0v) is 65.1. The maximum absolute atomic E-state index is 14.6. The maximum atomic E-state index is 14.6. The minimum atomic E-state index is -2.91. The summed E-state index contributed by atoms with van der Waals surface area (Å²) in [4.78, 5) is 0. The molecule has 0 radical (unpaired) electrons. The van der Waals surface area contributed by atoms with Gasteiger partial charge in [0.05, 0.1) is 48.4 Å². The van der Waals surface area contributed by atoms with Crippen LogP contribution in [-0.4, -0.2) is 91.7 Å². The Balaban J connectivity index is 0.000000111. The van der Waals surface area contributed by atoms with Crippen molar-refractivity contribution in [2.24, 2.45) is 0 Å². The molecule has 0 saturated heterocycles. The van der Waals surface area contributed by atoms with Gasteiger partial charge in [-0.15, -0.1) is 0 Å². The van der Waals surface area contributed by atoms with Crippen LogP contribution < -0.4 is 37.9 Å². The summed E-state index contributed by atoms with van der Waals surface area (Å²) in [6.07, 6.45) is -6.53. The lowest BCUT2D eigenvalue weighted by molar-refractivity contribution is -0.0838. The number of rotatable bonds is 8. The van der Waals surface area contributed by atoms with E-state index < -0.39 is 160 Å². The van der Waals surface area contributed by atoms with Crippen molar-refractivity contribution >= 4 is 11.6 Å². The van der Waals surface area contributed by atoms with Crippen LogP contribution in [0.4, 0.5) is 65.9 Å². The Hall–Kier alpha value is -10.6. The Labute approximate surface area is 680 Å². The van der Waals surface area contributed by atoms with Crippen molar-refractivity contribution in [3.63, 3.8) is 0 Å². The highest BCUT2D eigenvalue weighted by Crippen LogP contribution is 2.64. The molecule has 10 unspecified atom stereocenters. The second-order valence-corrected chi connectivity index (χ2v) is 32.6. The van der Waals surface area contributed by atoms with Gasteiger partial charge in [0.2, 0.25) is 0 Å². The van der Waals surface area contributed by atoms with Crippen molar-refractivity contribution in [3.05, 3.63) is 296 Å². The zero-order chi connectivity index (χ0) is 84.2. The molecule has 119 heavy (non-hydrogen) atoms. The van der Waals surface area contributed by atoms with E-state index in [1.165, 1.54) is 60.7 Å². The van der Waals surface area contributed by atoms with Crippen LogP contribution in [0.15, 0.2) is 206 Å². The molecule has 10 aliphatic rings. The predicted octanol–water partition coefficient (Wildman–Crippen LogP) is 23.6. The van der Waals surface area contributed by atoms with E-state index in [0.29, 0.717) is 63.1 Å². The van der Waals surface area contributed by atoms with E-state index in [0.717, 1.165) is 63.3 Å². The number of para-hydroxylation sites is 1. The number of benzene rings is 10. The molecule has 5 saturated carbocycles. The first kappa shape index (κ1) is 82.2. The molecule has 10 aromatic rings. The molecule has 0 aromatic heterocycles. The quantitative estimate of drug-likeness (QED) is 0.143. The number of hydrogen-bond donors (Lipinski definition) is 2. The monoisotopic (exact) mass is 1680 g/mol. The molecular weight excluding hydrogens is 1600 g/mol. The molecular formula is C93H80ClF15O10. The average molecular weight is 1680 g/mol. The summed E-state index contributed by atoms with van der Waals surface area (Å²) >= 11 is 6.47. The highest BCUT2D eigenvalue weighted by atomic mass is 35.5. The van der Waals surface area contributed by atoms with Crippen LogP contribution in [0.1, 0.15) is 152 Å². The van der Waals surface area contributed by atoms with Gasteiger partial charge in [-0.1, -0.05) is 96.5 Å². The van der Waals surface area contributed by atoms with Gasteiger partial charge in [-0.25, -0.2) is 65.9 Å². The number of methoxy groups -OCH3 is 3. The molecule has 10 nitrogen and oxygen atoms in total. The van der Waals surface area contributed by atoms with Crippen LogP contribution >= 0.6 is 11.6 Å². The Bertz CT molecular complexity index is 5330. The molecule has 5 aliphatic heterocycles. The average Bonchev–Trinajstić information content (AvgIpc) is 1.61. The lowest BCUT2D eigenvalue weighted by atomic mass is 9.63. The van der Waals surface area contributed by atoms with E-state index in [1.807, 2.05) is 91.0 Å². The van der Waals surface area contributed by atoms with Gasteiger partial charge in [-0.3, -0.25) is 0 Å². The highest BCUT2D eigenvalue weighted by molar-refractivity contribution is 6.31. The van der Waals surface area contributed by atoms with Gasteiger partial charge >= 0.3 is 0 Å². The fraction of sp³-hybridized carbons (Fsp3) is 0.355. The molecule has 0 spiro atoms. The first-order chi connectivity index (χ1) is 56.6. The van der Waals surface area contributed by atoms with Gasteiger partial charge in [0.15, 0.2) is 23.1 Å². The van der Waals surface area contributed by atoms with E-state index in [4.69, 9.17) is 49.5 Å². The lowest BCUT2D eigenvalue weighted by Gasteiger charge is -2.42. The van der Waals surface area contributed by atoms with Gasteiger partial charge in [-0.2, -0.15) is 0 Å². The van der Waals surface area contributed by atoms with E-state index in [-0.39, 0.29) is 62.7 Å². The number of hydrogen-bond acceptors (Lipinski definition) is 10. The standard InChI is InChI=1S/C19H17ClF2O2.C19H17F3O2.C19H18F2O2.2C18H14F4O2/c2*1-23-13-7-5-12(6-8-13)19-10-9-18(21,22)11-16(19)24-15-4-2-3-14(20)17(15)19;1-22-14-8-6-13(7-9-14)19-11-10-18(20,21)12-17(19)23-16-5-3-2-4-15(16)19;19-11-2-4-15-12(8-11)18(10-1-3-14(23)13(20)7-10)6-5-17(21,22)9-16(18)24-15;19-11-2-1-3-14-16(11)18(10-4-5-13(23)12(20)8-10)7-6-17(21,22)9-15(18)24-14/h2*2-8,16H,9-11H2,1H3;2-9,17H,10-12H2,1H3;1-4,7-8,16,23H,5-6,9H2;1-5,8,15,23H,6-7,9H2. The third-order valence-corrected chi connectivity index (χ3v) is 26.1. The molecule has 624 valence electrons. The number of fused-ring (bicyclic) bond motifs is 15. The van der Waals surface area contributed by atoms with Gasteiger partial charge in [0, 0.05) is 97.0 Å². The Morgan fingerprint density at radius 3 is 1.00 bits per heavy atom. The highest BCUT2D eigenvalue weighted by Gasteiger charge is 2.64. The largest absolute Gasteiger partial charge is 0.505 e. The Morgan fingerprint density at radius 2 is 0.597 bits per heavy atom. The maximum Gasteiger partial charge on any atom is 0.251 e. The van der Waals surface area contributed by atoms with Crippen LogP contribution in [0.3, 0.4) is 0 Å². The number of aromatic hydroxyl groups is 2. The summed E-state index contributed by atoms with van der Waals surface area (Å²) in [5.74, 6) is -13.8. The van der Waals surface area contributed by atoms with Gasteiger partial charge < -0.3 is 48.1 Å². The molecule has 0 bridgehead atoms. The Morgan fingerprint density at radius 1 is 0.294 bits per heavy atom. The van der Waals surface area contributed by atoms with Crippen molar-refractivity contribution in [2.45, 2.75) is 184 Å². The van der Waals surface area contributed by atoms with Crippen LogP contribution in [0, 0.1) is 29.1 Å². The fourth-order valence-electron chi connectivity index (χ4n) is 20.0. The van der Waals surface area contributed by atoms with Crippen LogP contribution in [0.2, 0.25) is 5.02 Å². The van der Waals surface area contributed by atoms with E-state index in [1.54, 1.807) is 57.7 Å². The third-order valence-electron chi connectivity index (χ3n) is 25.7. The summed E-state index contributed by atoms with van der Waals surface area (Å²) in [7, 11) is 4.78. The molecule has 5 fully saturated rings. The SMILES string of the molecule is COc1ccc(C23CCC(F)(F)CC2Oc2cccc(Cl)c23)cc1.COc1ccc(C23CCC(F)(F)CC2Oc2cccc(F)c23)cc1.COc1ccc(C23CCC(F)(F)CC2Oc2ccccc23)cc1.Oc1ccc(C23CCC(F)(F)CC2Oc2ccc(F)cc23)cc1F.Oc1ccc(C23CCC(F)(F)CC2Oc2cccc(F)c23)cc1F. The summed E-state index contributed by atoms with van der Waals surface area (Å²) in [6, 6.07) is 55.7. The van der Waals surface area contributed by atoms with Crippen LogP contribution in [0.25, 0.3) is 0 Å². The van der Waals surface area contributed by atoms with E-state index in [9.17, 15) is 76.1 Å². The topological polar surface area (TPSA) is 114 Å². The number of halogens is 16. The van der Waals surface area contributed by atoms with Crippen LogP contribution in [0.5, 0.6) is 57.5 Å². The minimum absolute atomic E-state index is 0.00529. The molecule has 20 rings (SSSR count). The first-order valence-corrected chi connectivity index (χ1v) is 39.4. The molecule has 26 heteroatoms. The smallest absolute Gasteiger partial charge is 0.251 e. The first-order valence-electron chi connectivity index (χ1n) is 39.0. The molecule has 5 aliphatic carbocycles. The zero-order valence-electron chi connectivity index (χ0n) is 64.3. The molecule has 10 atom stereocenters. The number of alkyl halides is 10. The van der Waals surface area contributed by atoms with Crippen molar-refractivity contribution in [1.29, 1.82) is 0 Å². The molecule has 5 heterocycles. The second-order valence-electron chi connectivity index (χ2n) is 32.2. The normalized spacial score (nSPS) is 27.3. The van der Waals surface area contributed by atoms with Crippen molar-refractivity contribution in [3.8, 4) is 57.5 Å². The van der Waals surface area contributed by atoms with Crippen molar-refractivity contribution in [1.82, 2.24) is 0 Å². The number of phenols is 2. The lowest BCUT2D eigenvalue weighted by Crippen LogP contribution is -2.48. The molecule has 0 amide bonds. The van der Waals surface area contributed by atoms with E-state index in [2.05, 4.69) is 0 Å². The predicted molar refractivity (Wildman–Crippen MR) is 412 cm³/mol. The van der Waals surface area contributed by atoms with Gasteiger partial charge in [-0.05, 0) is 181 Å². The van der Waals surface area contributed by atoms with Crippen molar-refractivity contribution in [2.75, 3.05) is 21.3 Å². The summed E-state index contributed by atoms with van der Waals surface area (Å²) in [5, 5.41) is 19.4. The molecule has 10 aromatic carbocycles. The van der Waals surface area contributed by atoms with E-state index >= 15 is 0 Å².